The van der Waals surface area contributed by atoms with Gasteiger partial charge < -0.3 is 15.5 Å². The number of rotatable bonds is 4. The van der Waals surface area contributed by atoms with E-state index in [9.17, 15) is 4.79 Å². The molecular formula is C16H25ClN4O. The summed E-state index contributed by atoms with van der Waals surface area (Å²) >= 11 is 0. The summed E-state index contributed by atoms with van der Waals surface area (Å²) in [5, 5.41) is 6.37. The van der Waals surface area contributed by atoms with Crippen molar-refractivity contribution < 1.29 is 4.79 Å². The van der Waals surface area contributed by atoms with Gasteiger partial charge in [0.05, 0.1) is 6.04 Å². The van der Waals surface area contributed by atoms with E-state index in [1.165, 1.54) is 5.69 Å². The molecule has 2 N–H and O–H groups in total. The van der Waals surface area contributed by atoms with Crippen LogP contribution in [0.1, 0.15) is 25.7 Å². The Balaban J connectivity index is 0.00000176. The molecule has 5 nitrogen and oxygen atoms in total. The van der Waals surface area contributed by atoms with E-state index >= 15 is 0 Å². The first kappa shape index (κ1) is 17.0. The van der Waals surface area contributed by atoms with E-state index in [-0.39, 0.29) is 24.4 Å². The zero-order valence-electron chi connectivity index (χ0n) is 12.8. The molecule has 2 fully saturated rings. The van der Waals surface area contributed by atoms with Crippen LogP contribution in [0.2, 0.25) is 0 Å². The number of hydrogen-bond donors (Lipinski definition) is 2. The Morgan fingerprint density at radius 1 is 1.27 bits per heavy atom. The van der Waals surface area contributed by atoms with Gasteiger partial charge in [0, 0.05) is 37.7 Å². The van der Waals surface area contributed by atoms with E-state index in [1.54, 1.807) is 0 Å². The van der Waals surface area contributed by atoms with Crippen molar-refractivity contribution >= 4 is 24.0 Å². The Morgan fingerprint density at radius 3 is 2.64 bits per heavy atom. The van der Waals surface area contributed by atoms with Crippen LogP contribution in [0.25, 0.3) is 0 Å². The van der Waals surface area contributed by atoms with Crippen molar-refractivity contribution in [2.75, 3.05) is 31.1 Å². The molecule has 0 aromatic carbocycles. The van der Waals surface area contributed by atoms with Gasteiger partial charge in [-0.1, -0.05) is 0 Å². The van der Waals surface area contributed by atoms with E-state index in [0.717, 1.165) is 51.9 Å². The van der Waals surface area contributed by atoms with Gasteiger partial charge in [0.15, 0.2) is 0 Å². The van der Waals surface area contributed by atoms with Gasteiger partial charge in [-0.25, -0.2) is 0 Å². The van der Waals surface area contributed by atoms with Crippen molar-refractivity contribution in [1.82, 2.24) is 15.6 Å². The summed E-state index contributed by atoms with van der Waals surface area (Å²) in [6, 6.07) is 4.17. The number of carbonyl (C=O) groups excluding carboxylic acids is 1. The third-order valence-corrected chi connectivity index (χ3v) is 4.58. The summed E-state index contributed by atoms with van der Waals surface area (Å²) < 4.78 is 0. The summed E-state index contributed by atoms with van der Waals surface area (Å²) in [5.74, 6) is 0.789. The Labute approximate surface area is 138 Å². The number of nitrogens with zero attached hydrogens (tertiary/aromatic N) is 2. The molecule has 22 heavy (non-hydrogen) atoms. The molecule has 2 saturated heterocycles. The predicted octanol–water partition coefficient (Wildman–Crippen LogP) is 1.59. The average Bonchev–Trinajstić information content (AvgIpc) is 3.08. The highest BCUT2D eigenvalue weighted by atomic mass is 35.5. The highest BCUT2D eigenvalue weighted by molar-refractivity contribution is 5.85. The molecule has 1 amide bonds. The van der Waals surface area contributed by atoms with E-state index in [4.69, 9.17) is 0 Å². The SMILES string of the molecule is Cl.O=C(NCC1CCN(c2ccncc2)CC1)C1CCCN1. The fourth-order valence-electron chi connectivity index (χ4n) is 3.23. The molecule has 0 aliphatic carbocycles. The number of halogens is 1. The largest absolute Gasteiger partial charge is 0.371 e. The molecule has 1 aromatic heterocycles. The number of pyridine rings is 1. The molecule has 1 aromatic rings. The number of piperidine rings is 1. The lowest BCUT2D eigenvalue weighted by Gasteiger charge is -2.33. The van der Waals surface area contributed by atoms with Gasteiger partial charge >= 0.3 is 0 Å². The molecule has 0 spiro atoms. The van der Waals surface area contributed by atoms with Crippen LogP contribution in [0.4, 0.5) is 5.69 Å². The second kappa shape index (κ2) is 8.34. The minimum Gasteiger partial charge on any atom is -0.371 e. The highest BCUT2D eigenvalue weighted by Crippen LogP contribution is 2.22. The zero-order valence-corrected chi connectivity index (χ0v) is 13.6. The van der Waals surface area contributed by atoms with Crippen molar-refractivity contribution in [2.24, 2.45) is 5.92 Å². The van der Waals surface area contributed by atoms with Crippen molar-refractivity contribution in [3.8, 4) is 0 Å². The molecule has 6 heteroatoms. The lowest BCUT2D eigenvalue weighted by Crippen LogP contribution is -2.44. The van der Waals surface area contributed by atoms with Gasteiger partial charge in [0.1, 0.15) is 0 Å². The molecule has 0 saturated carbocycles. The second-order valence-corrected chi connectivity index (χ2v) is 6.03. The Hall–Kier alpha value is -1.33. The van der Waals surface area contributed by atoms with Crippen LogP contribution >= 0.6 is 12.4 Å². The van der Waals surface area contributed by atoms with Gasteiger partial charge in [0.2, 0.25) is 5.91 Å². The summed E-state index contributed by atoms with van der Waals surface area (Å²) in [6.07, 6.45) is 8.06. The predicted molar refractivity (Wildman–Crippen MR) is 90.5 cm³/mol. The van der Waals surface area contributed by atoms with Crippen LogP contribution in [0.3, 0.4) is 0 Å². The zero-order chi connectivity index (χ0) is 14.5. The van der Waals surface area contributed by atoms with Crippen molar-refractivity contribution in [2.45, 2.75) is 31.7 Å². The third-order valence-electron chi connectivity index (χ3n) is 4.58. The normalized spacial score (nSPS) is 22.2. The monoisotopic (exact) mass is 324 g/mol. The number of hydrogen-bond acceptors (Lipinski definition) is 4. The van der Waals surface area contributed by atoms with Gasteiger partial charge in [0.25, 0.3) is 0 Å². The van der Waals surface area contributed by atoms with Crippen molar-refractivity contribution in [3.05, 3.63) is 24.5 Å². The van der Waals surface area contributed by atoms with Gasteiger partial charge in [-0.05, 0) is 50.3 Å². The molecule has 2 aliphatic rings. The topological polar surface area (TPSA) is 57.3 Å². The third kappa shape index (κ3) is 4.34. The van der Waals surface area contributed by atoms with Crippen molar-refractivity contribution in [3.63, 3.8) is 0 Å². The van der Waals surface area contributed by atoms with E-state index in [1.807, 2.05) is 12.4 Å². The molecular weight excluding hydrogens is 300 g/mol. The van der Waals surface area contributed by atoms with Crippen LogP contribution < -0.4 is 15.5 Å². The molecule has 1 unspecified atom stereocenters. The highest BCUT2D eigenvalue weighted by Gasteiger charge is 2.24. The summed E-state index contributed by atoms with van der Waals surface area (Å²) in [5.41, 5.74) is 1.25. The lowest BCUT2D eigenvalue weighted by atomic mass is 9.96. The second-order valence-electron chi connectivity index (χ2n) is 6.03. The first-order chi connectivity index (χ1) is 10.3. The smallest absolute Gasteiger partial charge is 0.237 e. The van der Waals surface area contributed by atoms with Crippen LogP contribution in [-0.2, 0) is 4.79 Å². The Kier molecular flexibility index (Phi) is 6.46. The van der Waals surface area contributed by atoms with Crippen molar-refractivity contribution in [1.29, 1.82) is 0 Å². The molecule has 2 aliphatic heterocycles. The molecule has 0 bridgehead atoms. The maximum absolute atomic E-state index is 12.0. The number of amides is 1. The molecule has 3 heterocycles. The maximum atomic E-state index is 12.0. The number of anilines is 1. The van der Waals surface area contributed by atoms with Crippen LogP contribution in [-0.4, -0.2) is 43.1 Å². The first-order valence-corrected chi connectivity index (χ1v) is 7.99. The molecule has 0 radical (unpaired) electrons. The number of nitrogens with one attached hydrogen (secondary N) is 2. The quantitative estimate of drug-likeness (QED) is 0.883. The van der Waals surface area contributed by atoms with Crippen LogP contribution in [0.15, 0.2) is 24.5 Å². The number of carbonyl (C=O) groups is 1. The summed E-state index contributed by atoms with van der Waals surface area (Å²) in [7, 11) is 0. The fourth-order valence-corrected chi connectivity index (χ4v) is 3.23. The standard InChI is InChI=1S/C16H24N4O.ClH/c21-16(15-2-1-7-18-15)19-12-13-5-10-20(11-6-13)14-3-8-17-9-4-14;/h3-4,8-9,13,15,18H,1-2,5-7,10-12H2,(H,19,21);1H. The van der Waals surface area contributed by atoms with E-state index in [0.29, 0.717) is 5.92 Å². The van der Waals surface area contributed by atoms with Gasteiger partial charge in [-0.15, -0.1) is 12.4 Å². The maximum Gasteiger partial charge on any atom is 0.237 e. The summed E-state index contributed by atoms with van der Waals surface area (Å²) in [4.78, 5) is 18.4. The fraction of sp³-hybridized carbons (Fsp3) is 0.625. The molecule has 3 rings (SSSR count). The van der Waals surface area contributed by atoms with Crippen LogP contribution in [0, 0.1) is 5.92 Å². The number of aromatic nitrogens is 1. The van der Waals surface area contributed by atoms with E-state index < -0.39 is 0 Å². The summed E-state index contributed by atoms with van der Waals surface area (Å²) in [6.45, 7) is 3.92. The minimum atomic E-state index is 0. The Bertz CT molecular complexity index is 456. The minimum absolute atomic E-state index is 0. The molecule has 1 atom stereocenters. The van der Waals surface area contributed by atoms with E-state index in [2.05, 4.69) is 32.7 Å². The lowest BCUT2D eigenvalue weighted by molar-refractivity contribution is -0.123. The van der Waals surface area contributed by atoms with Gasteiger partial charge in [-0.3, -0.25) is 9.78 Å². The Morgan fingerprint density at radius 2 is 2.00 bits per heavy atom. The van der Waals surface area contributed by atoms with Crippen LogP contribution in [0.5, 0.6) is 0 Å². The first-order valence-electron chi connectivity index (χ1n) is 7.99. The molecule has 122 valence electrons. The average molecular weight is 325 g/mol. The van der Waals surface area contributed by atoms with Gasteiger partial charge in [-0.2, -0.15) is 0 Å².